The maximum absolute atomic E-state index is 5.63. The first kappa shape index (κ1) is 12.4. The number of hydrogen-bond acceptors (Lipinski definition) is 3. The highest BCUT2D eigenvalue weighted by Crippen LogP contribution is 2.35. The molecule has 0 aliphatic carbocycles. The number of hydrogen-bond donors (Lipinski definition) is 1. The Balaban J connectivity index is 2.09. The molecule has 1 atom stereocenters. The summed E-state index contributed by atoms with van der Waals surface area (Å²) in [4.78, 5) is 6.97. The SMILES string of the molecule is CC(C)(C)C1CCN(c2cccc(CN)n2)C1. The largest absolute Gasteiger partial charge is 0.356 e. The van der Waals surface area contributed by atoms with Gasteiger partial charge in [-0.05, 0) is 29.9 Å². The Bertz CT molecular complexity index is 381. The Morgan fingerprint density at radius 3 is 2.76 bits per heavy atom. The normalized spacial score (nSPS) is 20.9. The molecule has 0 aromatic carbocycles. The minimum absolute atomic E-state index is 0.389. The number of pyridine rings is 1. The first-order valence-electron chi connectivity index (χ1n) is 6.41. The Morgan fingerprint density at radius 1 is 1.41 bits per heavy atom. The van der Waals surface area contributed by atoms with Crippen molar-refractivity contribution in [3.05, 3.63) is 23.9 Å². The Kier molecular flexibility index (Phi) is 3.38. The van der Waals surface area contributed by atoms with Gasteiger partial charge in [-0.1, -0.05) is 26.8 Å². The molecule has 0 saturated carbocycles. The van der Waals surface area contributed by atoms with Gasteiger partial charge in [-0.3, -0.25) is 0 Å². The number of rotatable bonds is 2. The molecule has 0 bridgehead atoms. The number of anilines is 1. The fraction of sp³-hybridized carbons (Fsp3) is 0.643. The second-order valence-electron chi connectivity index (χ2n) is 5.99. The van der Waals surface area contributed by atoms with Gasteiger partial charge in [0.25, 0.3) is 0 Å². The van der Waals surface area contributed by atoms with Gasteiger partial charge in [0.15, 0.2) is 0 Å². The van der Waals surface area contributed by atoms with Crippen LogP contribution in [0.4, 0.5) is 5.82 Å². The van der Waals surface area contributed by atoms with Crippen LogP contribution < -0.4 is 10.6 Å². The molecule has 1 fully saturated rings. The highest BCUT2D eigenvalue weighted by Gasteiger charge is 2.32. The van der Waals surface area contributed by atoms with Gasteiger partial charge in [-0.15, -0.1) is 0 Å². The fourth-order valence-electron chi connectivity index (χ4n) is 2.43. The zero-order valence-corrected chi connectivity index (χ0v) is 11.1. The van der Waals surface area contributed by atoms with Crippen LogP contribution in [0.2, 0.25) is 0 Å². The first-order chi connectivity index (χ1) is 8.00. The van der Waals surface area contributed by atoms with Gasteiger partial charge in [0.05, 0.1) is 5.69 Å². The van der Waals surface area contributed by atoms with E-state index >= 15 is 0 Å². The molecule has 2 heterocycles. The lowest BCUT2D eigenvalue weighted by Gasteiger charge is -2.27. The summed E-state index contributed by atoms with van der Waals surface area (Å²) in [6, 6.07) is 6.12. The smallest absolute Gasteiger partial charge is 0.128 e. The van der Waals surface area contributed by atoms with Crippen molar-refractivity contribution < 1.29 is 0 Å². The number of nitrogens with two attached hydrogens (primary N) is 1. The molecule has 2 N–H and O–H groups in total. The van der Waals surface area contributed by atoms with E-state index in [0.29, 0.717) is 12.0 Å². The third kappa shape index (κ3) is 2.78. The third-order valence-electron chi connectivity index (χ3n) is 3.74. The van der Waals surface area contributed by atoms with E-state index in [1.54, 1.807) is 0 Å². The lowest BCUT2D eigenvalue weighted by Crippen LogP contribution is -2.26. The van der Waals surface area contributed by atoms with E-state index in [9.17, 15) is 0 Å². The molecule has 17 heavy (non-hydrogen) atoms. The number of nitrogens with zero attached hydrogens (tertiary/aromatic N) is 2. The molecule has 1 unspecified atom stereocenters. The van der Waals surface area contributed by atoms with Crippen LogP contribution in [0.15, 0.2) is 18.2 Å². The second kappa shape index (κ2) is 4.65. The van der Waals surface area contributed by atoms with E-state index in [2.05, 4.69) is 42.8 Å². The molecule has 1 aliphatic heterocycles. The quantitative estimate of drug-likeness (QED) is 0.853. The highest BCUT2D eigenvalue weighted by atomic mass is 15.2. The molecule has 0 amide bonds. The van der Waals surface area contributed by atoms with Crippen molar-refractivity contribution in [3.63, 3.8) is 0 Å². The van der Waals surface area contributed by atoms with Crippen LogP contribution in [-0.4, -0.2) is 18.1 Å². The van der Waals surface area contributed by atoms with Crippen molar-refractivity contribution in [1.29, 1.82) is 0 Å². The lowest BCUT2D eigenvalue weighted by molar-refractivity contribution is 0.263. The molecule has 1 aromatic rings. The highest BCUT2D eigenvalue weighted by molar-refractivity contribution is 5.40. The van der Waals surface area contributed by atoms with Crippen molar-refractivity contribution in [2.24, 2.45) is 17.1 Å². The molecular weight excluding hydrogens is 210 g/mol. The van der Waals surface area contributed by atoms with Crippen LogP contribution in [-0.2, 0) is 6.54 Å². The van der Waals surface area contributed by atoms with Crippen molar-refractivity contribution in [2.75, 3.05) is 18.0 Å². The maximum Gasteiger partial charge on any atom is 0.128 e. The zero-order valence-electron chi connectivity index (χ0n) is 11.1. The molecule has 3 heteroatoms. The lowest BCUT2D eigenvalue weighted by atomic mass is 9.80. The predicted molar refractivity (Wildman–Crippen MR) is 71.9 cm³/mol. The van der Waals surface area contributed by atoms with Crippen LogP contribution in [0.25, 0.3) is 0 Å². The Hall–Kier alpha value is -1.09. The summed E-state index contributed by atoms with van der Waals surface area (Å²) >= 11 is 0. The van der Waals surface area contributed by atoms with Gasteiger partial charge in [0.2, 0.25) is 0 Å². The zero-order chi connectivity index (χ0) is 12.5. The minimum Gasteiger partial charge on any atom is -0.356 e. The first-order valence-corrected chi connectivity index (χ1v) is 6.41. The van der Waals surface area contributed by atoms with Gasteiger partial charge in [0.1, 0.15) is 5.82 Å². The van der Waals surface area contributed by atoms with Gasteiger partial charge >= 0.3 is 0 Å². The summed E-state index contributed by atoms with van der Waals surface area (Å²) in [5.74, 6) is 1.84. The topological polar surface area (TPSA) is 42.1 Å². The Labute approximate surface area is 104 Å². The van der Waals surface area contributed by atoms with Crippen molar-refractivity contribution in [1.82, 2.24) is 4.98 Å². The van der Waals surface area contributed by atoms with Gasteiger partial charge in [0, 0.05) is 19.6 Å². The van der Waals surface area contributed by atoms with E-state index in [4.69, 9.17) is 5.73 Å². The monoisotopic (exact) mass is 233 g/mol. The minimum atomic E-state index is 0.389. The van der Waals surface area contributed by atoms with Gasteiger partial charge < -0.3 is 10.6 Å². The van der Waals surface area contributed by atoms with Crippen LogP contribution in [0.5, 0.6) is 0 Å². The summed E-state index contributed by atoms with van der Waals surface area (Å²) in [6.45, 7) is 9.72. The molecule has 1 aliphatic rings. The van der Waals surface area contributed by atoms with Crippen molar-refractivity contribution >= 4 is 5.82 Å². The van der Waals surface area contributed by atoms with Gasteiger partial charge in [-0.2, -0.15) is 0 Å². The van der Waals surface area contributed by atoms with Crippen LogP contribution in [0.1, 0.15) is 32.9 Å². The van der Waals surface area contributed by atoms with E-state index in [0.717, 1.165) is 30.5 Å². The summed E-state index contributed by atoms with van der Waals surface area (Å²) in [5, 5.41) is 0. The summed E-state index contributed by atoms with van der Waals surface area (Å²) in [5.41, 5.74) is 7.00. The molecule has 0 radical (unpaired) electrons. The predicted octanol–water partition coefficient (Wildman–Crippen LogP) is 2.41. The molecule has 1 aromatic heterocycles. The molecule has 94 valence electrons. The van der Waals surface area contributed by atoms with Crippen molar-refractivity contribution in [3.8, 4) is 0 Å². The van der Waals surface area contributed by atoms with E-state index in [1.165, 1.54) is 6.42 Å². The van der Waals surface area contributed by atoms with E-state index in [1.807, 2.05) is 6.07 Å². The standard InChI is InChI=1S/C14H23N3/c1-14(2,3)11-7-8-17(10-11)13-6-4-5-12(9-15)16-13/h4-6,11H,7-10,15H2,1-3H3. The molecule has 3 nitrogen and oxygen atoms in total. The average molecular weight is 233 g/mol. The summed E-state index contributed by atoms with van der Waals surface area (Å²) in [6.07, 6.45) is 1.26. The molecular formula is C14H23N3. The van der Waals surface area contributed by atoms with Crippen LogP contribution in [0, 0.1) is 11.3 Å². The average Bonchev–Trinajstić information content (AvgIpc) is 2.78. The molecule has 0 spiro atoms. The van der Waals surface area contributed by atoms with E-state index < -0.39 is 0 Å². The van der Waals surface area contributed by atoms with Gasteiger partial charge in [-0.25, -0.2) is 4.98 Å². The Morgan fingerprint density at radius 2 is 2.18 bits per heavy atom. The maximum atomic E-state index is 5.63. The van der Waals surface area contributed by atoms with Crippen LogP contribution >= 0.6 is 0 Å². The summed E-state index contributed by atoms with van der Waals surface area (Å²) < 4.78 is 0. The van der Waals surface area contributed by atoms with Crippen LogP contribution in [0.3, 0.4) is 0 Å². The molecule has 2 rings (SSSR count). The van der Waals surface area contributed by atoms with E-state index in [-0.39, 0.29) is 0 Å². The fourth-order valence-corrected chi connectivity index (χ4v) is 2.43. The number of aromatic nitrogens is 1. The third-order valence-corrected chi connectivity index (χ3v) is 3.74. The second-order valence-corrected chi connectivity index (χ2v) is 5.99. The summed E-state index contributed by atoms with van der Waals surface area (Å²) in [7, 11) is 0. The van der Waals surface area contributed by atoms with Crippen molar-refractivity contribution in [2.45, 2.75) is 33.7 Å². The molecule has 1 saturated heterocycles.